The molecule has 0 aliphatic carbocycles. The van der Waals surface area contributed by atoms with Crippen LogP contribution in [-0.2, 0) is 13.2 Å². The third-order valence-corrected chi connectivity index (χ3v) is 4.52. The molecule has 0 aliphatic rings. The van der Waals surface area contributed by atoms with E-state index in [-0.39, 0.29) is 0 Å². The van der Waals surface area contributed by atoms with Crippen molar-refractivity contribution in [1.29, 1.82) is 0 Å². The van der Waals surface area contributed by atoms with Gasteiger partial charge in [-0.05, 0) is 30.7 Å². The lowest BCUT2D eigenvalue weighted by Crippen LogP contribution is -2.28. The summed E-state index contributed by atoms with van der Waals surface area (Å²) in [5, 5.41) is 3.47. The second-order valence-electron chi connectivity index (χ2n) is 6.74. The van der Waals surface area contributed by atoms with Crippen LogP contribution >= 0.6 is 0 Å². The van der Waals surface area contributed by atoms with Gasteiger partial charge in [-0.25, -0.2) is 9.97 Å². The second kappa shape index (κ2) is 7.14. The number of anilines is 1. The van der Waals surface area contributed by atoms with Crippen molar-refractivity contribution >= 4 is 22.8 Å². The number of fused-ring (bicyclic) bond motifs is 1. The summed E-state index contributed by atoms with van der Waals surface area (Å²) in [4.78, 5) is 23.0. The molecule has 1 unspecified atom stereocenters. The van der Waals surface area contributed by atoms with Gasteiger partial charge in [0.1, 0.15) is 23.5 Å². The van der Waals surface area contributed by atoms with Crippen LogP contribution in [0.25, 0.3) is 11.0 Å². The Morgan fingerprint density at radius 2 is 1.93 bits per heavy atom. The van der Waals surface area contributed by atoms with Crippen LogP contribution in [0.5, 0.6) is 0 Å². The SMILES string of the molecule is CC(NC(=O)c1cc2c(N(C)C)ncnc2n1C)c1cccc(C(F)(F)F)c1. The maximum absolute atomic E-state index is 12.9. The summed E-state index contributed by atoms with van der Waals surface area (Å²) >= 11 is 0. The van der Waals surface area contributed by atoms with Gasteiger partial charge < -0.3 is 14.8 Å². The van der Waals surface area contributed by atoms with Gasteiger partial charge in [0, 0.05) is 21.1 Å². The first-order valence-electron chi connectivity index (χ1n) is 8.55. The molecule has 1 N–H and O–H groups in total. The van der Waals surface area contributed by atoms with Crippen molar-refractivity contribution in [3.8, 4) is 0 Å². The summed E-state index contributed by atoms with van der Waals surface area (Å²) in [7, 11) is 5.38. The van der Waals surface area contributed by atoms with Crippen LogP contribution in [-0.4, -0.2) is 34.5 Å². The molecule has 0 aliphatic heterocycles. The zero-order valence-electron chi connectivity index (χ0n) is 15.9. The maximum atomic E-state index is 12.9. The number of carbonyl (C=O) groups excluding carboxylic acids is 1. The molecule has 28 heavy (non-hydrogen) atoms. The normalized spacial score (nSPS) is 12.8. The van der Waals surface area contributed by atoms with Crippen LogP contribution in [0, 0.1) is 0 Å². The molecule has 0 spiro atoms. The monoisotopic (exact) mass is 391 g/mol. The van der Waals surface area contributed by atoms with Gasteiger partial charge in [0.25, 0.3) is 5.91 Å². The van der Waals surface area contributed by atoms with Crippen molar-refractivity contribution in [3.63, 3.8) is 0 Å². The Labute approximate surface area is 160 Å². The van der Waals surface area contributed by atoms with E-state index in [9.17, 15) is 18.0 Å². The van der Waals surface area contributed by atoms with Crippen molar-refractivity contribution in [2.24, 2.45) is 7.05 Å². The van der Waals surface area contributed by atoms with Gasteiger partial charge >= 0.3 is 6.18 Å². The number of nitrogens with one attached hydrogen (secondary N) is 1. The van der Waals surface area contributed by atoms with E-state index in [1.165, 1.54) is 12.4 Å². The minimum absolute atomic E-state index is 0.345. The van der Waals surface area contributed by atoms with E-state index in [4.69, 9.17) is 0 Å². The number of nitrogens with zero attached hydrogens (tertiary/aromatic N) is 4. The molecule has 1 amide bonds. The van der Waals surface area contributed by atoms with Crippen LogP contribution in [0.15, 0.2) is 36.7 Å². The van der Waals surface area contributed by atoms with Crippen molar-refractivity contribution in [2.75, 3.05) is 19.0 Å². The van der Waals surface area contributed by atoms with Crippen LogP contribution in [0.2, 0.25) is 0 Å². The van der Waals surface area contributed by atoms with Gasteiger partial charge in [-0.1, -0.05) is 12.1 Å². The predicted molar refractivity (Wildman–Crippen MR) is 100 cm³/mol. The van der Waals surface area contributed by atoms with Gasteiger partial charge in [-0.3, -0.25) is 4.79 Å². The van der Waals surface area contributed by atoms with Gasteiger partial charge in [0.05, 0.1) is 17.0 Å². The largest absolute Gasteiger partial charge is 0.416 e. The van der Waals surface area contributed by atoms with Crippen molar-refractivity contribution in [2.45, 2.75) is 19.1 Å². The molecular weight excluding hydrogens is 371 g/mol. The lowest BCUT2D eigenvalue weighted by molar-refractivity contribution is -0.137. The molecule has 0 saturated carbocycles. The number of hydrogen-bond donors (Lipinski definition) is 1. The molecule has 3 rings (SSSR count). The Kier molecular flexibility index (Phi) is 5.01. The quantitative estimate of drug-likeness (QED) is 0.739. The molecule has 6 nitrogen and oxygen atoms in total. The first-order chi connectivity index (χ1) is 13.1. The molecule has 148 valence electrons. The molecule has 0 radical (unpaired) electrons. The second-order valence-corrected chi connectivity index (χ2v) is 6.74. The molecule has 0 fully saturated rings. The van der Waals surface area contributed by atoms with Crippen molar-refractivity contribution in [3.05, 3.63) is 53.5 Å². The first kappa shape index (κ1) is 19.7. The minimum atomic E-state index is -4.43. The summed E-state index contributed by atoms with van der Waals surface area (Å²) < 4.78 is 40.4. The van der Waals surface area contributed by atoms with E-state index in [1.54, 1.807) is 30.7 Å². The third-order valence-electron chi connectivity index (χ3n) is 4.52. The summed E-state index contributed by atoms with van der Waals surface area (Å²) in [6, 6.07) is 6.00. The molecule has 0 bridgehead atoms. The number of aryl methyl sites for hydroxylation is 1. The summed E-state index contributed by atoms with van der Waals surface area (Å²) in [6.07, 6.45) is -3.01. The lowest BCUT2D eigenvalue weighted by atomic mass is 10.0. The highest BCUT2D eigenvalue weighted by Crippen LogP contribution is 2.31. The number of halogens is 3. The van der Waals surface area contributed by atoms with Gasteiger partial charge in [-0.2, -0.15) is 13.2 Å². The van der Waals surface area contributed by atoms with Crippen LogP contribution in [0.3, 0.4) is 0 Å². The van der Waals surface area contributed by atoms with Crippen LogP contribution < -0.4 is 10.2 Å². The molecule has 1 aromatic carbocycles. The van der Waals surface area contributed by atoms with Crippen LogP contribution in [0.1, 0.15) is 34.6 Å². The number of aromatic nitrogens is 3. The first-order valence-corrected chi connectivity index (χ1v) is 8.55. The number of amides is 1. The van der Waals surface area contributed by atoms with Gasteiger partial charge in [0.15, 0.2) is 0 Å². The Morgan fingerprint density at radius 3 is 2.57 bits per heavy atom. The fraction of sp³-hybridized carbons (Fsp3) is 0.316. The third kappa shape index (κ3) is 3.64. The fourth-order valence-corrected chi connectivity index (χ4v) is 3.03. The Balaban J connectivity index is 1.89. The zero-order chi connectivity index (χ0) is 20.6. The standard InChI is InChI=1S/C19H20F3N5O/c1-11(12-6-5-7-13(8-12)19(20,21)22)25-18(28)15-9-14-16(26(2)3)23-10-24-17(14)27(15)4/h5-11H,1-4H3,(H,25,28). The van der Waals surface area contributed by atoms with Gasteiger partial charge in [-0.15, -0.1) is 0 Å². The smallest absolute Gasteiger partial charge is 0.362 e. The summed E-state index contributed by atoms with van der Waals surface area (Å²) in [5.74, 6) is 0.265. The molecule has 9 heteroatoms. The summed E-state index contributed by atoms with van der Waals surface area (Å²) in [6.45, 7) is 1.64. The van der Waals surface area contributed by atoms with E-state index in [0.717, 1.165) is 12.1 Å². The highest BCUT2D eigenvalue weighted by atomic mass is 19.4. The van der Waals surface area contributed by atoms with Crippen molar-refractivity contribution in [1.82, 2.24) is 19.9 Å². The molecule has 1 atom stereocenters. The summed E-state index contributed by atoms with van der Waals surface area (Å²) in [5.41, 5.74) is 0.560. The van der Waals surface area contributed by atoms with Gasteiger partial charge in [0.2, 0.25) is 0 Å². The van der Waals surface area contributed by atoms with Crippen LogP contribution in [0.4, 0.5) is 19.0 Å². The molecule has 3 aromatic rings. The average molecular weight is 391 g/mol. The fourth-order valence-electron chi connectivity index (χ4n) is 3.03. The maximum Gasteiger partial charge on any atom is 0.416 e. The Hall–Kier alpha value is -3.10. The molecule has 0 saturated heterocycles. The minimum Gasteiger partial charge on any atom is -0.362 e. The highest BCUT2D eigenvalue weighted by Gasteiger charge is 2.31. The zero-order valence-corrected chi connectivity index (χ0v) is 15.9. The highest BCUT2D eigenvalue weighted by molar-refractivity contribution is 6.00. The Bertz CT molecular complexity index is 1030. The van der Waals surface area contributed by atoms with E-state index >= 15 is 0 Å². The number of rotatable bonds is 4. The van der Waals surface area contributed by atoms with Crippen molar-refractivity contribution < 1.29 is 18.0 Å². The number of alkyl halides is 3. The molecule has 2 aromatic heterocycles. The molecule has 2 heterocycles. The van der Waals surface area contributed by atoms with E-state index in [2.05, 4.69) is 15.3 Å². The predicted octanol–water partition coefficient (Wildman–Crippen LogP) is 3.54. The van der Waals surface area contributed by atoms with E-state index < -0.39 is 23.7 Å². The number of hydrogen-bond acceptors (Lipinski definition) is 4. The lowest BCUT2D eigenvalue weighted by Gasteiger charge is -2.16. The number of carbonyl (C=O) groups is 1. The average Bonchev–Trinajstić information content (AvgIpc) is 2.98. The molecular formula is C19H20F3N5O. The topological polar surface area (TPSA) is 63.1 Å². The Morgan fingerprint density at radius 1 is 1.21 bits per heavy atom. The van der Waals surface area contributed by atoms with E-state index in [1.807, 2.05) is 19.0 Å². The number of benzene rings is 1. The van der Waals surface area contributed by atoms with E-state index in [0.29, 0.717) is 28.1 Å².